The van der Waals surface area contributed by atoms with Crippen LogP contribution < -0.4 is 5.32 Å². The molecule has 94 valence electrons. The van der Waals surface area contributed by atoms with Gasteiger partial charge in [-0.15, -0.1) is 0 Å². The lowest BCUT2D eigenvalue weighted by atomic mass is 10.0. The maximum absolute atomic E-state index is 5.91. The molecule has 0 spiro atoms. The zero-order valence-electron chi connectivity index (χ0n) is 10.6. The summed E-state index contributed by atoms with van der Waals surface area (Å²) in [7, 11) is 0. The quantitative estimate of drug-likeness (QED) is 0.771. The van der Waals surface area contributed by atoms with Gasteiger partial charge in [0.2, 0.25) is 0 Å². The van der Waals surface area contributed by atoms with Crippen LogP contribution >= 0.6 is 11.6 Å². The predicted molar refractivity (Wildman–Crippen MR) is 74.6 cm³/mol. The van der Waals surface area contributed by atoms with Crippen LogP contribution in [0.2, 0.25) is 5.02 Å². The van der Waals surface area contributed by atoms with Gasteiger partial charge in [-0.3, -0.25) is 0 Å². The molecule has 0 aliphatic heterocycles. The van der Waals surface area contributed by atoms with Gasteiger partial charge in [0.25, 0.3) is 0 Å². The fourth-order valence-electron chi connectivity index (χ4n) is 2.25. The third-order valence-electron chi connectivity index (χ3n) is 3.39. The normalized spacial score (nSPS) is 17.1. The van der Waals surface area contributed by atoms with Gasteiger partial charge in [-0.25, -0.2) is 0 Å². The third-order valence-corrected chi connectivity index (χ3v) is 3.65. The van der Waals surface area contributed by atoms with Gasteiger partial charge in [-0.1, -0.05) is 43.5 Å². The lowest BCUT2D eigenvalue weighted by Crippen LogP contribution is -2.32. The zero-order valence-corrected chi connectivity index (χ0v) is 11.3. The van der Waals surface area contributed by atoms with Gasteiger partial charge in [0.1, 0.15) is 0 Å². The van der Waals surface area contributed by atoms with Gasteiger partial charge in [0.15, 0.2) is 0 Å². The second kappa shape index (κ2) is 6.42. The molecule has 1 aliphatic rings. The molecule has 1 aromatic rings. The SMILES string of the molecule is CCCNC(Cc1ccc(Cl)cc1)CC1CC1. The van der Waals surface area contributed by atoms with Crippen molar-refractivity contribution < 1.29 is 0 Å². The molecule has 0 aromatic heterocycles. The summed E-state index contributed by atoms with van der Waals surface area (Å²) < 4.78 is 0. The Labute approximate surface area is 110 Å². The fourth-order valence-corrected chi connectivity index (χ4v) is 2.37. The molecule has 1 atom stereocenters. The molecule has 0 saturated heterocycles. The first-order valence-electron chi connectivity index (χ1n) is 6.75. The molecule has 0 heterocycles. The summed E-state index contributed by atoms with van der Waals surface area (Å²) in [5.41, 5.74) is 1.39. The minimum absolute atomic E-state index is 0.642. The van der Waals surface area contributed by atoms with E-state index in [9.17, 15) is 0 Å². The van der Waals surface area contributed by atoms with Gasteiger partial charge in [-0.2, -0.15) is 0 Å². The molecular formula is C15H22ClN. The van der Waals surface area contributed by atoms with Crippen LogP contribution in [0, 0.1) is 5.92 Å². The number of benzene rings is 1. The van der Waals surface area contributed by atoms with E-state index in [1.165, 1.54) is 31.2 Å². The molecule has 1 unspecified atom stereocenters. The van der Waals surface area contributed by atoms with E-state index in [0.29, 0.717) is 6.04 Å². The van der Waals surface area contributed by atoms with E-state index >= 15 is 0 Å². The van der Waals surface area contributed by atoms with Crippen molar-refractivity contribution in [3.05, 3.63) is 34.9 Å². The number of nitrogens with one attached hydrogen (secondary N) is 1. The predicted octanol–water partition coefficient (Wildman–Crippen LogP) is 4.05. The van der Waals surface area contributed by atoms with Crippen LogP contribution in [0.5, 0.6) is 0 Å². The van der Waals surface area contributed by atoms with Crippen molar-refractivity contribution in [2.45, 2.75) is 45.1 Å². The number of hydrogen-bond acceptors (Lipinski definition) is 1. The van der Waals surface area contributed by atoms with Crippen molar-refractivity contribution in [1.29, 1.82) is 0 Å². The molecule has 1 nitrogen and oxygen atoms in total. The lowest BCUT2D eigenvalue weighted by Gasteiger charge is -2.18. The van der Waals surface area contributed by atoms with Crippen molar-refractivity contribution in [3.8, 4) is 0 Å². The first-order chi connectivity index (χ1) is 8.28. The Morgan fingerprint density at radius 3 is 2.59 bits per heavy atom. The van der Waals surface area contributed by atoms with Crippen LogP contribution in [0.1, 0.15) is 38.2 Å². The maximum Gasteiger partial charge on any atom is 0.0406 e. The van der Waals surface area contributed by atoms with Gasteiger partial charge in [-0.05, 0) is 49.4 Å². The Kier molecular flexibility index (Phi) is 4.87. The van der Waals surface area contributed by atoms with Crippen molar-refractivity contribution in [2.24, 2.45) is 5.92 Å². The van der Waals surface area contributed by atoms with Crippen LogP contribution in [0.3, 0.4) is 0 Å². The summed E-state index contributed by atoms with van der Waals surface area (Å²) in [5, 5.41) is 4.50. The van der Waals surface area contributed by atoms with Crippen molar-refractivity contribution >= 4 is 11.6 Å². The van der Waals surface area contributed by atoms with E-state index in [4.69, 9.17) is 11.6 Å². The second-order valence-electron chi connectivity index (χ2n) is 5.16. The Bertz CT molecular complexity index is 329. The number of hydrogen-bond donors (Lipinski definition) is 1. The molecule has 1 N–H and O–H groups in total. The van der Waals surface area contributed by atoms with Crippen LogP contribution in [0.15, 0.2) is 24.3 Å². The van der Waals surface area contributed by atoms with Gasteiger partial charge < -0.3 is 5.32 Å². The van der Waals surface area contributed by atoms with Crippen LogP contribution in [-0.2, 0) is 6.42 Å². The zero-order chi connectivity index (χ0) is 12.1. The van der Waals surface area contributed by atoms with Crippen LogP contribution in [0.25, 0.3) is 0 Å². The third kappa shape index (κ3) is 4.69. The minimum Gasteiger partial charge on any atom is -0.314 e. The molecule has 1 aromatic carbocycles. The molecule has 0 amide bonds. The van der Waals surface area contributed by atoms with E-state index in [0.717, 1.165) is 23.9 Å². The highest BCUT2D eigenvalue weighted by Crippen LogP contribution is 2.34. The minimum atomic E-state index is 0.642. The van der Waals surface area contributed by atoms with E-state index in [1.54, 1.807) is 0 Å². The average molecular weight is 252 g/mol. The Morgan fingerprint density at radius 1 is 1.29 bits per heavy atom. The van der Waals surface area contributed by atoms with E-state index in [-0.39, 0.29) is 0 Å². The summed E-state index contributed by atoms with van der Waals surface area (Å²) in [5.74, 6) is 0.983. The van der Waals surface area contributed by atoms with Gasteiger partial charge in [0, 0.05) is 11.1 Å². The standard InChI is InChI=1S/C15H22ClN/c1-2-9-17-15(10-12-3-4-12)11-13-5-7-14(16)8-6-13/h5-8,12,15,17H,2-4,9-11H2,1H3. The van der Waals surface area contributed by atoms with E-state index in [1.807, 2.05) is 12.1 Å². The van der Waals surface area contributed by atoms with Crippen molar-refractivity contribution in [2.75, 3.05) is 6.54 Å². The Hall–Kier alpha value is -0.530. The van der Waals surface area contributed by atoms with Gasteiger partial charge >= 0.3 is 0 Å². The highest BCUT2D eigenvalue weighted by molar-refractivity contribution is 6.30. The average Bonchev–Trinajstić information content (AvgIpc) is 3.13. The Balaban J connectivity index is 1.87. The maximum atomic E-state index is 5.91. The Morgan fingerprint density at radius 2 is 2.00 bits per heavy atom. The highest BCUT2D eigenvalue weighted by Gasteiger charge is 2.25. The summed E-state index contributed by atoms with van der Waals surface area (Å²) in [6.07, 6.45) is 6.55. The molecule has 1 fully saturated rings. The summed E-state index contributed by atoms with van der Waals surface area (Å²) in [6.45, 7) is 3.36. The van der Waals surface area contributed by atoms with E-state index < -0.39 is 0 Å². The van der Waals surface area contributed by atoms with E-state index in [2.05, 4.69) is 24.4 Å². The first kappa shape index (κ1) is 12.9. The molecule has 0 bridgehead atoms. The lowest BCUT2D eigenvalue weighted by molar-refractivity contribution is 0.455. The first-order valence-corrected chi connectivity index (χ1v) is 7.13. The largest absolute Gasteiger partial charge is 0.314 e. The molecule has 1 aliphatic carbocycles. The molecule has 1 saturated carbocycles. The number of halogens is 1. The number of rotatable bonds is 7. The van der Waals surface area contributed by atoms with Gasteiger partial charge in [0.05, 0.1) is 0 Å². The van der Waals surface area contributed by atoms with Crippen LogP contribution in [-0.4, -0.2) is 12.6 Å². The molecule has 2 heteroatoms. The summed E-state index contributed by atoms with van der Waals surface area (Å²) in [6, 6.07) is 8.92. The summed E-state index contributed by atoms with van der Waals surface area (Å²) >= 11 is 5.91. The summed E-state index contributed by atoms with van der Waals surface area (Å²) in [4.78, 5) is 0. The molecular weight excluding hydrogens is 230 g/mol. The topological polar surface area (TPSA) is 12.0 Å². The molecule has 2 rings (SSSR count). The smallest absolute Gasteiger partial charge is 0.0406 e. The molecule has 17 heavy (non-hydrogen) atoms. The highest BCUT2D eigenvalue weighted by atomic mass is 35.5. The van der Waals surface area contributed by atoms with Crippen molar-refractivity contribution in [3.63, 3.8) is 0 Å². The second-order valence-corrected chi connectivity index (χ2v) is 5.60. The fraction of sp³-hybridized carbons (Fsp3) is 0.600. The molecule has 0 radical (unpaired) electrons. The van der Waals surface area contributed by atoms with Crippen LogP contribution in [0.4, 0.5) is 0 Å². The van der Waals surface area contributed by atoms with Crippen molar-refractivity contribution in [1.82, 2.24) is 5.32 Å². The monoisotopic (exact) mass is 251 g/mol.